The minimum Gasteiger partial charge on any atom is -0.454 e. The van der Waals surface area contributed by atoms with Gasteiger partial charge in [0.2, 0.25) is 0 Å². The summed E-state index contributed by atoms with van der Waals surface area (Å²) in [6.07, 6.45) is 1.85. The minimum atomic E-state index is -1.52. The molecule has 3 unspecified atom stereocenters. The first kappa shape index (κ1) is 32.8. The van der Waals surface area contributed by atoms with E-state index < -0.39 is 34.3 Å². The second kappa shape index (κ2) is 11.3. The zero-order chi connectivity index (χ0) is 33.8. The first-order valence-corrected chi connectivity index (χ1v) is 17.9. The molecule has 2 aromatic rings. The van der Waals surface area contributed by atoms with Gasteiger partial charge in [-0.3, -0.25) is 9.69 Å². The highest BCUT2D eigenvalue weighted by molar-refractivity contribution is 6.30. The molecule has 1 saturated heterocycles. The normalized spacial score (nSPS) is 43.6. The Balaban J connectivity index is 1.20. The van der Waals surface area contributed by atoms with E-state index in [1.165, 1.54) is 0 Å². The summed E-state index contributed by atoms with van der Waals surface area (Å²) in [5.74, 6) is -1.73. The van der Waals surface area contributed by atoms with Crippen LogP contribution >= 0.6 is 11.6 Å². The van der Waals surface area contributed by atoms with E-state index in [0.29, 0.717) is 66.9 Å². The largest absolute Gasteiger partial charge is 0.454 e. The fourth-order valence-corrected chi connectivity index (χ4v) is 12.7. The number of carbonyl (C=O) groups is 2. The number of aliphatic hydroxyl groups excluding tert-OH is 1. The number of halogens is 1. The van der Waals surface area contributed by atoms with E-state index in [4.69, 9.17) is 25.8 Å². The highest BCUT2D eigenvalue weighted by Crippen LogP contribution is 2.80. The van der Waals surface area contributed by atoms with Crippen molar-refractivity contribution in [1.82, 2.24) is 4.90 Å². The van der Waals surface area contributed by atoms with Crippen LogP contribution in [0.15, 0.2) is 48.5 Å². The summed E-state index contributed by atoms with van der Waals surface area (Å²) in [6.45, 7) is 3.24. The van der Waals surface area contributed by atoms with Crippen LogP contribution in [0.3, 0.4) is 0 Å². The highest BCUT2D eigenvalue weighted by atomic mass is 35.5. The third-order valence-corrected chi connectivity index (χ3v) is 14.4. The molecule has 258 valence electrons. The van der Waals surface area contributed by atoms with Crippen LogP contribution in [-0.4, -0.2) is 101 Å². The topological polar surface area (TPSA) is 126 Å². The standard InChI is InChI=1S/C38H46ClNO8/c1-4-40-20-35(48-34(43)25-8-6-5-7-22(25)15-28(42)21-9-11-24(39)12-10-21)14-13-23(19-41)37-30(35)17-27(32(37)40)36(44)18-29(46-2)26-16-31(37)38(36,45)33(26)47-3/h5-12,23,26-27,29-33,41,44-45H,4,13-20H2,1-3H3/t23-,26-,27+,29+,30?,31?,32?,33+,35-,36+,37+,38+/m1/s1. The van der Waals surface area contributed by atoms with Crippen LogP contribution in [0.1, 0.15) is 65.3 Å². The molecule has 1 aliphatic heterocycles. The first-order chi connectivity index (χ1) is 23.0. The molecule has 2 aromatic carbocycles. The zero-order valence-corrected chi connectivity index (χ0v) is 28.6. The summed E-state index contributed by atoms with van der Waals surface area (Å²) >= 11 is 6.04. The number of Topliss-reactive ketones (excluding diaryl/α,β-unsaturated/α-hetero) is 1. The predicted octanol–water partition coefficient (Wildman–Crippen LogP) is 3.94. The molecule has 0 aromatic heterocycles. The quantitative estimate of drug-likeness (QED) is 0.267. The molecule has 9 nitrogen and oxygen atoms in total. The van der Waals surface area contributed by atoms with Crippen molar-refractivity contribution >= 4 is 23.4 Å². The SMILES string of the molecule is CCN1C[C@]2(OC(=O)c3ccccc3CC(=O)c3ccc(Cl)cc3)CC[C@H](CO)[C@]34C1[C@H](CC23)[C@@]1(O)C[C@H](OC)[C@H]2CC4[C@]1(O)[C@H]2OC. The Morgan fingerprint density at radius 2 is 1.77 bits per heavy atom. The number of hydrogen-bond donors (Lipinski definition) is 3. The van der Waals surface area contributed by atoms with Gasteiger partial charge in [-0.1, -0.05) is 36.7 Å². The van der Waals surface area contributed by atoms with Crippen molar-refractivity contribution in [3.8, 4) is 0 Å². The maximum atomic E-state index is 14.4. The molecule has 7 bridgehead atoms. The molecule has 5 saturated carbocycles. The van der Waals surface area contributed by atoms with Gasteiger partial charge in [0.15, 0.2) is 5.78 Å². The van der Waals surface area contributed by atoms with E-state index in [-0.39, 0.29) is 60.5 Å². The maximum absolute atomic E-state index is 14.4. The van der Waals surface area contributed by atoms with Crippen LogP contribution < -0.4 is 0 Å². The van der Waals surface area contributed by atoms with Crippen LogP contribution in [0.5, 0.6) is 0 Å². The summed E-state index contributed by atoms with van der Waals surface area (Å²) in [5, 5.41) is 37.5. The molecule has 10 heteroatoms. The minimum absolute atomic E-state index is 0.0354. The number of piperidine rings is 1. The molecule has 12 atom stereocenters. The average molecular weight is 680 g/mol. The fraction of sp³-hybridized carbons (Fsp3) is 0.632. The van der Waals surface area contributed by atoms with Gasteiger partial charge in [0, 0.05) is 85.9 Å². The van der Waals surface area contributed by atoms with Gasteiger partial charge < -0.3 is 29.5 Å². The molecule has 6 fully saturated rings. The van der Waals surface area contributed by atoms with Crippen LogP contribution in [0.4, 0.5) is 0 Å². The highest BCUT2D eigenvalue weighted by Gasteiger charge is 2.88. The average Bonchev–Trinajstić information content (AvgIpc) is 3.51. The number of nitrogens with zero attached hydrogens (tertiary/aromatic N) is 1. The lowest BCUT2D eigenvalue weighted by molar-refractivity contribution is -0.333. The summed E-state index contributed by atoms with van der Waals surface area (Å²) < 4.78 is 18.9. The summed E-state index contributed by atoms with van der Waals surface area (Å²) in [4.78, 5) is 30.1. The molecule has 3 N–H and O–H groups in total. The van der Waals surface area contributed by atoms with E-state index >= 15 is 0 Å². The number of ketones is 1. The third kappa shape index (κ3) is 4.01. The number of fused-ring (bicyclic) bond motifs is 2. The molecule has 0 radical (unpaired) electrons. The number of rotatable bonds is 9. The van der Waals surface area contributed by atoms with Gasteiger partial charge >= 0.3 is 5.97 Å². The van der Waals surface area contributed by atoms with Gasteiger partial charge in [0.05, 0.1) is 17.8 Å². The number of aliphatic hydroxyl groups is 3. The number of ether oxygens (including phenoxy) is 3. The predicted molar refractivity (Wildman–Crippen MR) is 177 cm³/mol. The van der Waals surface area contributed by atoms with Crippen LogP contribution in [0.25, 0.3) is 0 Å². The van der Waals surface area contributed by atoms with Gasteiger partial charge in [-0.05, 0) is 74.0 Å². The summed E-state index contributed by atoms with van der Waals surface area (Å²) in [5.41, 5.74) is -3.03. The molecule has 1 heterocycles. The van der Waals surface area contributed by atoms with Gasteiger partial charge in [-0.25, -0.2) is 4.79 Å². The van der Waals surface area contributed by atoms with Crippen molar-refractivity contribution in [2.45, 2.75) is 80.5 Å². The van der Waals surface area contributed by atoms with Gasteiger partial charge in [0.25, 0.3) is 0 Å². The molecular formula is C38H46ClNO8. The molecule has 5 aliphatic carbocycles. The second-order valence-electron chi connectivity index (χ2n) is 15.4. The molecular weight excluding hydrogens is 634 g/mol. The van der Waals surface area contributed by atoms with Crippen molar-refractivity contribution in [3.05, 3.63) is 70.2 Å². The Hall–Kier alpha value is -2.37. The van der Waals surface area contributed by atoms with Gasteiger partial charge in [0.1, 0.15) is 16.8 Å². The Kier molecular flexibility index (Phi) is 7.74. The monoisotopic (exact) mass is 679 g/mol. The number of likely N-dealkylation sites (N-methyl/N-ethyl adjacent to an activating group) is 1. The Bertz CT molecular complexity index is 1620. The number of benzene rings is 2. The van der Waals surface area contributed by atoms with E-state index in [1.807, 2.05) is 6.07 Å². The lowest BCUT2D eigenvalue weighted by atomic mass is 9.42. The summed E-state index contributed by atoms with van der Waals surface area (Å²) in [7, 11) is 3.28. The zero-order valence-electron chi connectivity index (χ0n) is 27.8. The van der Waals surface area contributed by atoms with Crippen LogP contribution in [-0.2, 0) is 20.6 Å². The molecule has 48 heavy (non-hydrogen) atoms. The van der Waals surface area contributed by atoms with Gasteiger partial charge in [-0.15, -0.1) is 0 Å². The Morgan fingerprint density at radius 1 is 1.02 bits per heavy atom. The first-order valence-electron chi connectivity index (χ1n) is 17.5. The number of carbonyl (C=O) groups excluding carboxylic acids is 2. The lowest BCUT2D eigenvalue weighted by Gasteiger charge is -2.71. The third-order valence-electron chi connectivity index (χ3n) is 14.1. The summed E-state index contributed by atoms with van der Waals surface area (Å²) in [6, 6.07) is 13.8. The molecule has 0 amide bonds. The molecule has 6 aliphatic rings. The van der Waals surface area contributed by atoms with E-state index in [2.05, 4.69) is 11.8 Å². The Labute approximate surface area is 286 Å². The Morgan fingerprint density at radius 3 is 2.46 bits per heavy atom. The molecule has 1 spiro atoms. The smallest absolute Gasteiger partial charge is 0.339 e. The number of hydrogen-bond acceptors (Lipinski definition) is 9. The van der Waals surface area contributed by atoms with E-state index in [9.17, 15) is 24.9 Å². The van der Waals surface area contributed by atoms with Crippen LogP contribution in [0.2, 0.25) is 5.02 Å². The molecule has 8 rings (SSSR count). The van der Waals surface area contributed by atoms with Gasteiger partial charge in [-0.2, -0.15) is 0 Å². The maximum Gasteiger partial charge on any atom is 0.339 e. The van der Waals surface area contributed by atoms with Crippen molar-refractivity contribution < 1.29 is 39.1 Å². The number of esters is 1. The number of likely N-dealkylation sites (tertiary alicyclic amines) is 1. The lowest BCUT2D eigenvalue weighted by Crippen LogP contribution is -2.82. The van der Waals surface area contributed by atoms with Crippen molar-refractivity contribution in [2.75, 3.05) is 33.9 Å². The second-order valence-corrected chi connectivity index (χ2v) is 15.8. The van der Waals surface area contributed by atoms with E-state index in [0.717, 1.165) is 0 Å². The van der Waals surface area contributed by atoms with Crippen molar-refractivity contribution in [1.29, 1.82) is 0 Å². The van der Waals surface area contributed by atoms with Crippen molar-refractivity contribution in [3.63, 3.8) is 0 Å². The van der Waals surface area contributed by atoms with E-state index in [1.54, 1.807) is 56.7 Å². The fourth-order valence-electron chi connectivity index (χ4n) is 12.6. The van der Waals surface area contributed by atoms with Crippen molar-refractivity contribution in [2.24, 2.45) is 35.0 Å². The number of methoxy groups -OCH3 is 2. The van der Waals surface area contributed by atoms with Crippen LogP contribution in [0, 0.1) is 35.0 Å².